The molecule has 3 rings (SSSR count). The van der Waals surface area contributed by atoms with E-state index in [1.165, 1.54) is 0 Å². The third kappa shape index (κ3) is 4.61. The second-order valence-corrected chi connectivity index (χ2v) is 6.92. The molecule has 1 aromatic carbocycles. The van der Waals surface area contributed by atoms with Gasteiger partial charge < -0.3 is 15.1 Å². The SMILES string of the molecule is CC(C)C(=O)NCCNC(=O)c1cc(-c2ccco2)n(-c2cccc(Cl)c2)n1. The largest absolute Gasteiger partial charge is 0.463 e. The lowest BCUT2D eigenvalue weighted by molar-refractivity contribution is -0.123. The van der Waals surface area contributed by atoms with Gasteiger partial charge in [-0.25, -0.2) is 4.68 Å². The third-order valence-corrected chi connectivity index (χ3v) is 4.24. The molecule has 7 nitrogen and oxygen atoms in total. The lowest BCUT2D eigenvalue weighted by Crippen LogP contribution is -2.36. The molecule has 2 amide bonds. The average molecular weight is 401 g/mol. The van der Waals surface area contributed by atoms with Crippen molar-refractivity contribution in [3.63, 3.8) is 0 Å². The summed E-state index contributed by atoms with van der Waals surface area (Å²) in [6.45, 7) is 4.28. The van der Waals surface area contributed by atoms with E-state index in [1.54, 1.807) is 41.3 Å². The minimum Gasteiger partial charge on any atom is -0.463 e. The van der Waals surface area contributed by atoms with Crippen molar-refractivity contribution in [1.29, 1.82) is 0 Å². The maximum absolute atomic E-state index is 12.5. The Morgan fingerprint density at radius 1 is 1.14 bits per heavy atom. The van der Waals surface area contributed by atoms with Gasteiger partial charge in [-0.1, -0.05) is 31.5 Å². The minimum atomic E-state index is -0.340. The highest BCUT2D eigenvalue weighted by Crippen LogP contribution is 2.25. The number of hydrogen-bond acceptors (Lipinski definition) is 4. The maximum atomic E-state index is 12.5. The van der Waals surface area contributed by atoms with Crippen LogP contribution in [0.1, 0.15) is 24.3 Å². The molecule has 0 fully saturated rings. The molecule has 0 aliphatic rings. The van der Waals surface area contributed by atoms with E-state index in [1.807, 2.05) is 26.0 Å². The van der Waals surface area contributed by atoms with Crippen molar-refractivity contribution >= 4 is 23.4 Å². The van der Waals surface area contributed by atoms with Gasteiger partial charge in [0.05, 0.1) is 12.0 Å². The van der Waals surface area contributed by atoms with E-state index in [0.29, 0.717) is 35.3 Å². The number of hydrogen-bond donors (Lipinski definition) is 2. The summed E-state index contributed by atoms with van der Waals surface area (Å²) < 4.78 is 7.09. The van der Waals surface area contributed by atoms with Gasteiger partial charge in [0.15, 0.2) is 11.5 Å². The molecule has 0 saturated heterocycles. The predicted molar refractivity (Wildman–Crippen MR) is 106 cm³/mol. The molecule has 0 radical (unpaired) electrons. The molecule has 2 heterocycles. The molecule has 28 heavy (non-hydrogen) atoms. The second kappa shape index (κ2) is 8.75. The highest BCUT2D eigenvalue weighted by molar-refractivity contribution is 6.30. The quantitative estimate of drug-likeness (QED) is 0.595. The first-order valence-electron chi connectivity index (χ1n) is 8.91. The number of carbonyl (C=O) groups is 2. The summed E-state index contributed by atoms with van der Waals surface area (Å²) in [7, 11) is 0. The summed E-state index contributed by atoms with van der Waals surface area (Å²) in [5.41, 5.74) is 1.58. The summed E-state index contributed by atoms with van der Waals surface area (Å²) in [5.74, 6) is 0.0858. The normalized spacial score (nSPS) is 10.9. The highest BCUT2D eigenvalue weighted by atomic mass is 35.5. The third-order valence-electron chi connectivity index (χ3n) is 4.00. The van der Waals surface area contributed by atoms with Crippen LogP contribution in [0.4, 0.5) is 0 Å². The smallest absolute Gasteiger partial charge is 0.271 e. The van der Waals surface area contributed by atoms with Crippen LogP contribution in [0.3, 0.4) is 0 Å². The molecule has 0 aliphatic heterocycles. The molecule has 2 N–H and O–H groups in total. The van der Waals surface area contributed by atoms with Crippen molar-refractivity contribution in [3.05, 3.63) is 59.4 Å². The Bertz CT molecular complexity index is 964. The van der Waals surface area contributed by atoms with Gasteiger partial charge in [-0.05, 0) is 30.3 Å². The van der Waals surface area contributed by atoms with Gasteiger partial charge in [0.25, 0.3) is 5.91 Å². The molecule has 0 spiro atoms. The van der Waals surface area contributed by atoms with Gasteiger partial charge in [-0.2, -0.15) is 5.10 Å². The molecule has 0 unspecified atom stereocenters. The Kier molecular flexibility index (Phi) is 6.16. The van der Waals surface area contributed by atoms with Crippen LogP contribution < -0.4 is 10.6 Å². The van der Waals surface area contributed by atoms with Crippen molar-refractivity contribution in [1.82, 2.24) is 20.4 Å². The Labute approximate surface area is 167 Å². The van der Waals surface area contributed by atoms with Crippen LogP contribution in [-0.2, 0) is 4.79 Å². The van der Waals surface area contributed by atoms with E-state index >= 15 is 0 Å². The van der Waals surface area contributed by atoms with E-state index in [4.69, 9.17) is 16.0 Å². The van der Waals surface area contributed by atoms with Crippen molar-refractivity contribution in [2.45, 2.75) is 13.8 Å². The number of amides is 2. The number of nitrogens with zero attached hydrogens (tertiary/aromatic N) is 2. The number of halogens is 1. The van der Waals surface area contributed by atoms with E-state index in [9.17, 15) is 9.59 Å². The molecule has 0 bridgehead atoms. The van der Waals surface area contributed by atoms with Crippen molar-refractivity contribution < 1.29 is 14.0 Å². The standard InChI is InChI=1S/C20H21ClN4O3/c1-13(2)19(26)22-8-9-23-20(27)16-12-17(18-7-4-10-28-18)25(24-16)15-6-3-5-14(21)11-15/h3-7,10-13H,8-9H2,1-2H3,(H,22,26)(H,23,27). The number of aromatic nitrogens is 2. The molecule has 146 valence electrons. The summed E-state index contributed by atoms with van der Waals surface area (Å²) in [6.07, 6.45) is 1.56. The molecule has 0 saturated carbocycles. The van der Waals surface area contributed by atoms with Gasteiger partial charge >= 0.3 is 0 Å². The fraction of sp³-hybridized carbons (Fsp3) is 0.250. The lowest BCUT2D eigenvalue weighted by Gasteiger charge is -2.08. The summed E-state index contributed by atoms with van der Waals surface area (Å²) in [4.78, 5) is 24.1. The number of carbonyl (C=O) groups excluding carboxylic acids is 2. The topological polar surface area (TPSA) is 89.2 Å². The zero-order chi connectivity index (χ0) is 20.1. The molecular formula is C20H21ClN4O3. The van der Waals surface area contributed by atoms with E-state index < -0.39 is 0 Å². The second-order valence-electron chi connectivity index (χ2n) is 6.49. The van der Waals surface area contributed by atoms with Crippen LogP contribution >= 0.6 is 11.6 Å². The van der Waals surface area contributed by atoms with Crippen molar-refractivity contribution in [3.8, 4) is 17.1 Å². The molecule has 0 aliphatic carbocycles. The molecular weight excluding hydrogens is 380 g/mol. The monoisotopic (exact) mass is 400 g/mol. The van der Waals surface area contributed by atoms with Gasteiger partial charge in [-0.15, -0.1) is 0 Å². The number of furan rings is 1. The van der Waals surface area contributed by atoms with Crippen LogP contribution in [0.15, 0.2) is 53.1 Å². The molecule has 0 atom stereocenters. The fourth-order valence-corrected chi connectivity index (χ4v) is 2.74. The first-order chi connectivity index (χ1) is 13.5. The van der Waals surface area contributed by atoms with E-state index in [-0.39, 0.29) is 23.4 Å². The van der Waals surface area contributed by atoms with Crippen LogP contribution in [0.5, 0.6) is 0 Å². The number of benzene rings is 1. The van der Waals surface area contributed by atoms with Gasteiger partial charge in [0.2, 0.25) is 5.91 Å². The summed E-state index contributed by atoms with van der Waals surface area (Å²) >= 11 is 6.10. The fourth-order valence-electron chi connectivity index (χ4n) is 2.55. The van der Waals surface area contributed by atoms with E-state index in [2.05, 4.69) is 15.7 Å². The zero-order valence-corrected chi connectivity index (χ0v) is 16.4. The highest BCUT2D eigenvalue weighted by Gasteiger charge is 2.18. The van der Waals surface area contributed by atoms with Crippen LogP contribution in [0.25, 0.3) is 17.1 Å². The molecule has 2 aromatic heterocycles. The minimum absolute atomic E-state index is 0.0559. The Hall–Kier alpha value is -3.06. The first kappa shape index (κ1) is 19.7. The van der Waals surface area contributed by atoms with Crippen LogP contribution in [0.2, 0.25) is 5.02 Å². The number of rotatable bonds is 7. The zero-order valence-electron chi connectivity index (χ0n) is 15.6. The lowest BCUT2D eigenvalue weighted by atomic mass is 10.2. The first-order valence-corrected chi connectivity index (χ1v) is 9.29. The van der Waals surface area contributed by atoms with Crippen molar-refractivity contribution in [2.75, 3.05) is 13.1 Å². The van der Waals surface area contributed by atoms with Crippen molar-refractivity contribution in [2.24, 2.45) is 5.92 Å². The Morgan fingerprint density at radius 3 is 2.61 bits per heavy atom. The van der Waals surface area contributed by atoms with Gasteiger partial charge in [-0.3, -0.25) is 9.59 Å². The Balaban J connectivity index is 1.78. The molecule has 8 heteroatoms. The summed E-state index contributed by atoms with van der Waals surface area (Å²) in [5, 5.41) is 10.5. The van der Waals surface area contributed by atoms with Gasteiger partial charge in [0.1, 0.15) is 5.69 Å². The number of nitrogens with one attached hydrogen (secondary N) is 2. The van der Waals surface area contributed by atoms with E-state index in [0.717, 1.165) is 0 Å². The summed E-state index contributed by atoms with van der Waals surface area (Å²) in [6, 6.07) is 12.4. The predicted octanol–water partition coefficient (Wildman–Crippen LogP) is 3.29. The van der Waals surface area contributed by atoms with Gasteiger partial charge in [0, 0.05) is 30.1 Å². The van der Waals surface area contributed by atoms with Crippen LogP contribution in [-0.4, -0.2) is 34.7 Å². The van der Waals surface area contributed by atoms with Crippen LogP contribution in [0, 0.1) is 5.92 Å². The average Bonchev–Trinajstić information content (AvgIpc) is 3.34. The Morgan fingerprint density at radius 2 is 1.93 bits per heavy atom. The maximum Gasteiger partial charge on any atom is 0.271 e. The molecule has 3 aromatic rings.